The summed E-state index contributed by atoms with van der Waals surface area (Å²) in [5.74, 6) is 0. The summed E-state index contributed by atoms with van der Waals surface area (Å²) < 4.78 is 0. The van der Waals surface area contributed by atoms with E-state index in [9.17, 15) is 0 Å². The number of hydrogen-bond acceptors (Lipinski definition) is 4. The van der Waals surface area contributed by atoms with Crippen molar-refractivity contribution in [2.24, 2.45) is 0 Å². The quantitative estimate of drug-likeness (QED) is 0.740. The Morgan fingerprint density at radius 3 is 2.94 bits per heavy atom. The molecule has 0 unspecified atom stereocenters. The van der Waals surface area contributed by atoms with Crippen molar-refractivity contribution in [3.63, 3.8) is 0 Å². The second kappa shape index (κ2) is 4.77. The minimum absolute atomic E-state index is 0.651. The standard InChI is InChI=1S/C12H9N3S/c1-9-5-6-14-12(15-9)16-11-4-2-3-10(7-11)8-13/h2-7H,1H3. The molecule has 3 nitrogen and oxygen atoms in total. The molecule has 0 amide bonds. The lowest BCUT2D eigenvalue weighted by Crippen LogP contribution is -1.87. The largest absolute Gasteiger partial charge is 0.231 e. The average Bonchev–Trinajstić information content (AvgIpc) is 2.29. The molecule has 0 aliphatic rings. The van der Waals surface area contributed by atoms with E-state index < -0.39 is 0 Å². The lowest BCUT2D eigenvalue weighted by molar-refractivity contribution is 0.932. The van der Waals surface area contributed by atoms with E-state index in [-0.39, 0.29) is 0 Å². The zero-order valence-electron chi connectivity index (χ0n) is 8.71. The zero-order chi connectivity index (χ0) is 11.4. The van der Waals surface area contributed by atoms with Crippen molar-refractivity contribution in [1.82, 2.24) is 9.97 Å². The second-order valence-corrected chi connectivity index (χ2v) is 4.26. The summed E-state index contributed by atoms with van der Waals surface area (Å²) in [6.07, 6.45) is 1.73. The predicted octanol–water partition coefficient (Wildman–Crippen LogP) is 2.81. The van der Waals surface area contributed by atoms with Crippen LogP contribution in [0, 0.1) is 18.3 Å². The van der Waals surface area contributed by atoms with Gasteiger partial charge in [-0.1, -0.05) is 6.07 Å². The first-order chi connectivity index (χ1) is 7.78. The third-order valence-electron chi connectivity index (χ3n) is 1.94. The molecule has 0 saturated carbocycles. The monoisotopic (exact) mass is 227 g/mol. The molecule has 16 heavy (non-hydrogen) atoms. The molecule has 2 aromatic rings. The number of aromatic nitrogens is 2. The SMILES string of the molecule is Cc1ccnc(Sc2cccc(C#N)c2)n1. The molecule has 78 valence electrons. The fraction of sp³-hybridized carbons (Fsp3) is 0.0833. The molecule has 4 heteroatoms. The van der Waals surface area contributed by atoms with Gasteiger partial charge in [0.25, 0.3) is 0 Å². The van der Waals surface area contributed by atoms with Crippen molar-refractivity contribution in [2.75, 3.05) is 0 Å². The molecule has 1 aromatic carbocycles. The Morgan fingerprint density at radius 2 is 2.19 bits per heavy atom. The molecule has 0 aliphatic carbocycles. The van der Waals surface area contributed by atoms with Crippen LogP contribution in [0.2, 0.25) is 0 Å². The van der Waals surface area contributed by atoms with Crippen LogP contribution in [0.3, 0.4) is 0 Å². The first-order valence-corrected chi connectivity index (χ1v) is 5.57. The van der Waals surface area contributed by atoms with E-state index in [1.54, 1.807) is 12.3 Å². The maximum Gasteiger partial charge on any atom is 0.192 e. The van der Waals surface area contributed by atoms with Gasteiger partial charge < -0.3 is 0 Å². The van der Waals surface area contributed by atoms with E-state index in [0.717, 1.165) is 10.6 Å². The normalized spacial score (nSPS) is 9.75. The van der Waals surface area contributed by atoms with Crippen LogP contribution in [-0.2, 0) is 0 Å². The highest BCUT2D eigenvalue weighted by atomic mass is 32.2. The van der Waals surface area contributed by atoms with E-state index in [1.165, 1.54) is 11.8 Å². The first-order valence-electron chi connectivity index (χ1n) is 4.75. The van der Waals surface area contributed by atoms with Crippen LogP contribution in [0.5, 0.6) is 0 Å². The molecule has 0 N–H and O–H groups in total. The minimum atomic E-state index is 0.651. The Morgan fingerprint density at radius 1 is 1.31 bits per heavy atom. The molecule has 0 saturated heterocycles. The van der Waals surface area contributed by atoms with Gasteiger partial charge >= 0.3 is 0 Å². The molecule has 0 spiro atoms. The third kappa shape index (κ3) is 2.59. The van der Waals surface area contributed by atoms with Gasteiger partial charge in [-0.25, -0.2) is 9.97 Å². The average molecular weight is 227 g/mol. The number of benzene rings is 1. The van der Waals surface area contributed by atoms with Crippen LogP contribution >= 0.6 is 11.8 Å². The van der Waals surface area contributed by atoms with Crippen molar-refractivity contribution < 1.29 is 0 Å². The van der Waals surface area contributed by atoms with Gasteiger partial charge in [-0.05, 0) is 43.0 Å². The number of nitrogens with zero attached hydrogens (tertiary/aromatic N) is 3. The molecule has 0 atom stereocenters. The van der Waals surface area contributed by atoms with Crippen molar-refractivity contribution in [1.29, 1.82) is 5.26 Å². The summed E-state index contributed by atoms with van der Waals surface area (Å²) in [4.78, 5) is 9.43. The van der Waals surface area contributed by atoms with Crippen LogP contribution in [0.4, 0.5) is 0 Å². The number of aryl methyl sites for hydroxylation is 1. The summed E-state index contributed by atoms with van der Waals surface area (Å²) in [5, 5.41) is 9.49. The summed E-state index contributed by atoms with van der Waals surface area (Å²) >= 11 is 1.46. The van der Waals surface area contributed by atoms with Crippen LogP contribution in [-0.4, -0.2) is 9.97 Å². The molecule has 0 radical (unpaired) electrons. The van der Waals surface area contributed by atoms with E-state index in [2.05, 4.69) is 16.0 Å². The van der Waals surface area contributed by atoms with E-state index >= 15 is 0 Å². The summed E-state index contributed by atoms with van der Waals surface area (Å²) in [6, 6.07) is 11.4. The maximum atomic E-state index is 8.78. The highest BCUT2D eigenvalue weighted by molar-refractivity contribution is 7.99. The van der Waals surface area contributed by atoms with Crippen LogP contribution in [0.15, 0.2) is 46.6 Å². The van der Waals surface area contributed by atoms with E-state index in [0.29, 0.717) is 10.7 Å². The molecule has 2 rings (SSSR count). The van der Waals surface area contributed by atoms with Gasteiger partial charge in [-0.3, -0.25) is 0 Å². The fourth-order valence-electron chi connectivity index (χ4n) is 1.21. The summed E-state index contributed by atoms with van der Waals surface area (Å²) in [6.45, 7) is 1.93. The Bertz CT molecular complexity index is 546. The van der Waals surface area contributed by atoms with Crippen LogP contribution < -0.4 is 0 Å². The van der Waals surface area contributed by atoms with Gasteiger partial charge in [-0.2, -0.15) is 5.26 Å². The Hall–Kier alpha value is -1.86. The second-order valence-electron chi connectivity index (χ2n) is 3.22. The molecule has 0 aliphatic heterocycles. The third-order valence-corrected chi connectivity index (χ3v) is 2.81. The van der Waals surface area contributed by atoms with Gasteiger partial charge in [0.2, 0.25) is 0 Å². The Labute approximate surface area is 98.2 Å². The van der Waals surface area contributed by atoms with Gasteiger partial charge in [0.15, 0.2) is 5.16 Å². The van der Waals surface area contributed by atoms with Crippen LogP contribution in [0.25, 0.3) is 0 Å². The zero-order valence-corrected chi connectivity index (χ0v) is 9.53. The molecule has 0 fully saturated rings. The fourth-order valence-corrected chi connectivity index (χ4v) is 2.06. The van der Waals surface area contributed by atoms with E-state index in [1.807, 2.05) is 31.2 Å². The number of rotatable bonds is 2. The van der Waals surface area contributed by atoms with Crippen molar-refractivity contribution in [3.05, 3.63) is 47.8 Å². The van der Waals surface area contributed by atoms with Gasteiger partial charge in [0, 0.05) is 16.8 Å². The molecule has 1 heterocycles. The first kappa shape index (κ1) is 10.7. The van der Waals surface area contributed by atoms with Crippen molar-refractivity contribution >= 4 is 11.8 Å². The summed E-state index contributed by atoms with van der Waals surface area (Å²) in [7, 11) is 0. The van der Waals surface area contributed by atoms with Gasteiger partial charge in [0.1, 0.15) is 0 Å². The highest BCUT2D eigenvalue weighted by Gasteiger charge is 2.01. The van der Waals surface area contributed by atoms with Gasteiger partial charge in [0.05, 0.1) is 11.6 Å². The van der Waals surface area contributed by atoms with Gasteiger partial charge in [-0.15, -0.1) is 0 Å². The topological polar surface area (TPSA) is 49.6 Å². The predicted molar refractivity (Wildman–Crippen MR) is 62.0 cm³/mol. The molecular formula is C12H9N3S. The van der Waals surface area contributed by atoms with Crippen molar-refractivity contribution in [2.45, 2.75) is 17.0 Å². The smallest absolute Gasteiger partial charge is 0.192 e. The molecular weight excluding hydrogens is 218 g/mol. The maximum absolute atomic E-state index is 8.78. The Kier molecular flexibility index (Phi) is 3.18. The minimum Gasteiger partial charge on any atom is -0.231 e. The molecule has 1 aromatic heterocycles. The molecule has 0 bridgehead atoms. The highest BCUT2D eigenvalue weighted by Crippen LogP contribution is 2.24. The number of nitriles is 1. The number of hydrogen-bond donors (Lipinski definition) is 0. The lowest BCUT2D eigenvalue weighted by atomic mass is 10.2. The van der Waals surface area contributed by atoms with E-state index in [4.69, 9.17) is 5.26 Å². The Balaban J connectivity index is 2.24. The van der Waals surface area contributed by atoms with Crippen molar-refractivity contribution in [3.8, 4) is 6.07 Å². The lowest BCUT2D eigenvalue weighted by Gasteiger charge is -2.00. The summed E-state index contributed by atoms with van der Waals surface area (Å²) in [5.41, 5.74) is 1.59. The van der Waals surface area contributed by atoms with Crippen LogP contribution in [0.1, 0.15) is 11.3 Å².